The molecule has 11 heavy (non-hydrogen) atoms. The minimum atomic E-state index is -3.99. The molecule has 0 amide bonds. The number of ether oxygens (including phenoxy) is 1. The third-order valence-electron chi connectivity index (χ3n) is 1.98. The first kappa shape index (κ1) is 9.18. The van der Waals surface area contributed by atoms with Crippen LogP contribution in [0.25, 0.3) is 0 Å². The van der Waals surface area contributed by atoms with E-state index in [2.05, 4.69) is 0 Å². The quantitative estimate of drug-likeness (QED) is 0.436. The number of hydrogen-bond acceptors (Lipinski definition) is 3. The Hall–Kier alpha value is 0.0869. The third kappa shape index (κ3) is 1.81. The van der Waals surface area contributed by atoms with Gasteiger partial charge in [0.2, 0.25) is 0 Å². The van der Waals surface area contributed by atoms with Crippen molar-refractivity contribution < 1.29 is 17.7 Å². The summed E-state index contributed by atoms with van der Waals surface area (Å²) in [5, 5.41) is 0. The van der Waals surface area contributed by atoms with Crippen LogP contribution in [0.5, 0.6) is 0 Å². The highest BCUT2D eigenvalue weighted by molar-refractivity contribution is 7.88. The van der Waals surface area contributed by atoms with E-state index in [4.69, 9.17) is 9.29 Å². The van der Waals surface area contributed by atoms with E-state index in [9.17, 15) is 8.42 Å². The minimum Gasteiger partial charge on any atom is -0.362 e. The van der Waals surface area contributed by atoms with Gasteiger partial charge in [0.15, 0.2) is 4.56 Å². The lowest BCUT2D eigenvalue weighted by atomic mass is 10.2. The summed E-state index contributed by atoms with van der Waals surface area (Å²) in [6, 6.07) is 0. The molecule has 0 spiro atoms. The predicted octanol–water partition coefficient (Wildman–Crippen LogP) is -0.906. The van der Waals surface area contributed by atoms with Gasteiger partial charge >= 0.3 is 0 Å². The molecule has 6 heteroatoms. The van der Waals surface area contributed by atoms with Crippen LogP contribution in [0, 0.1) is 0 Å². The van der Waals surface area contributed by atoms with Crippen molar-refractivity contribution >= 4 is 20.4 Å². The smallest absolute Gasteiger partial charge is 0.290 e. The molecule has 0 radical (unpaired) electrons. The first-order chi connectivity index (χ1) is 4.96. The molecule has 0 bridgehead atoms. The van der Waals surface area contributed by atoms with E-state index in [1.165, 1.54) is 0 Å². The molecule has 1 rings (SSSR count). The van der Waals surface area contributed by atoms with Crippen LogP contribution in [0.1, 0.15) is 19.3 Å². The summed E-state index contributed by atoms with van der Waals surface area (Å²) >= 11 is 0. The van der Waals surface area contributed by atoms with Crippen LogP contribution in [0.2, 0.25) is 0 Å². The van der Waals surface area contributed by atoms with E-state index in [1.54, 1.807) is 0 Å². The van der Waals surface area contributed by atoms with Gasteiger partial charge in [-0.15, -0.1) is 0 Å². The molecular weight excluding hydrogens is 184 g/mol. The van der Waals surface area contributed by atoms with Crippen LogP contribution < -0.4 is 0 Å². The lowest BCUT2D eigenvalue weighted by molar-refractivity contribution is 0.0317. The normalized spacial score (nSPS) is 33.9. The van der Waals surface area contributed by atoms with Crippen molar-refractivity contribution in [3.8, 4) is 0 Å². The first-order valence-electron chi connectivity index (χ1n) is 3.57. The van der Waals surface area contributed by atoms with E-state index >= 15 is 0 Å². The third-order valence-corrected chi connectivity index (χ3v) is 5.73. The molecule has 66 valence electrons. The molecule has 0 aromatic rings. The molecule has 0 saturated carbocycles. The second kappa shape index (κ2) is 2.85. The maximum atomic E-state index is 10.8. The highest BCUT2D eigenvalue weighted by Crippen LogP contribution is 2.25. The number of rotatable bonds is 1. The van der Waals surface area contributed by atoms with Gasteiger partial charge in [-0.2, -0.15) is 8.42 Å². The zero-order chi connectivity index (χ0) is 8.54. The van der Waals surface area contributed by atoms with Crippen LogP contribution in [0.3, 0.4) is 0 Å². The van der Waals surface area contributed by atoms with Crippen molar-refractivity contribution in [1.82, 2.24) is 0 Å². The lowest BCUT2D eigenvalue weighted by Crippen LogP contribution is -2.44. The zero-order valence-electron chi connectivity index (χ0n) is 6.41. The van der Waals surface area contributed by atoms with Crippen molar-refractivity contribution in [3.63, 3.8) is 0 Å². The van der Waals surface area contributed by atoms with Gasteiger partial charge in [-0.05, 0) is 19.3 Å². The molecular formula is C5H12O4SSi. The molecule has 1 saturated heterocycles. The van der Waals surface area contributed by atoms with Crippen LogP contribution in [0.15, 0.2) is 0 Å². The largest absolute Gasteiger partial charge is 0.362 e. The Bertz CT molecular complexity index is 229. The van der Waals surface area contributed by atoms with Gasteiger partial charge in [-0.25, -0.2) is 0 Å². The molecule has 0 aromatic carbocycles. The van der Waals surface area contributed by atoms with E-state index in [1.807, 2.05) is 0 Å². The molecule has 1 unspecified atom stereocenters. The fraction of sp³-hybridized carbons (Fsp3) is 1.00. The van der Waals surface area contributed by atoms with Gasteiger partial charge in [0.05, 0.1) is 10.2 Å². The fourth-order valence-electron chi connectivity index (χ4n) is 1.11. The molecule has 1 heterocycles. The predicted molar refractivity (Wildman–Crippen MR) is 44.0 cm³/mol. The highest BCUT2D eigenvalue weighted by atomic mass is 32.2. The van der Waals surface area contributed by atoms with Crippen molar-refractivity contribution in [2.24, 2.45) is 0 Å². The van der Waals surface area contributed by atoms with E-state index in [0.717, 1.165) is 12.8 Å². The Balaban J connectivity index is 2.81. The van der Waals surface area contributed by atoms with Crippen molar-refractivity contribution in [2.45, 2.75) is 23.8 Å². The Morgan fingerprint density at radius 3 is 2.36 bits per heavy atom. The molecule has 4 nitrogen and oxygen atoms in total. The summed E-state index contributed by atoms with van der Waals surface area (Å²) in [5.41, 5.74) is 0. The highest BCUT2D eigenvalue weighted by Gasteiger charge is 2.39. The second-order valence-electron chi connectivity index (χ2n) is 2.91. The van der Waals surface area contributed by atoms with Crippen LogP contribution in [0.4, 0.5) is 0 Å². The summed E-state index contributed by atoms with van der Waals surface area (Å²) in [4.78, 5) is 0. The molecule has 1 aliphatic rings. The zero-order valence-corrected chi connectivity index (χ0v) is 9.23. The summed E-state index contributed by atoms with van der Waals surface area (Å²) in [6.07, 6.45) is 2.15. The SMILES string of the molecule is O=S(=O)(O)C1([SiH3])CCCCO1. The average Bonchev–Trinajstić information content (AvgIpc) is 1.87. The van der Waals surface area contributed by atoms with Crippen LogP contribution in [-0.4, -0.2) is 34.4 Å². The summed E-state index contributed by atoms with van der Waals surface area (Å²) < 4.78 is 34.2. The Morgan fingerprint density at radius 1 is 1.45 bits per heavy atom. The van der Waals surface area contributed by atoms with Crippen LogP contribution >= 0.6 is 0 Å². The van der Waals surface area contributed by atoms with Gasteiger partial charge in [-0.1, -0.05) is 0 Å². The van der Waals surface area contributed by atoms with E-state index in [0.29, 0.717) is 23.3 Å². The maximum absolute atomic E-state index is 10.8. The van der Waals surface area contributed by atoms with E-state index in [-0.39, 0.29) is 0 Å². The first-order valence-corrected chi connectivity index (χ1v) is 6.01. The van der Waals surface area contributed by atoms with Crippen molar-refractivity contribution in [2.75, 3.05) is 6.61 Å². The fourth-order valence-corrected chi connectivity index (χ4v) is 2.30. The van der Waals surface area contributed by atoms with Gasteiger partial charge in [-0.3, -0.25) is 4.55 Å². The molecule has 0 aliphatic carbocycles. The average molecular weight is 196 g/mol. The van der Waals surface area contributed by atoms with E-state index < -0.39 is 14.7 Å². The summed E-state index contributed by atoms with van der Waals surface area (Å²) in [5.74, 6) is 0. The monoisotopic (exact) mass is 196 g/mol. The Kier molecular flexibility index (Phi) is 2.38. The maximum Gasteiger partial charge on any atom is 0.290 e. The summed E-state index contributed by atoms with van der Waals surface area (Å²) in [7, 11) is -3.66. The summed E-state index contributed by atoms with van der Waals surface area (Å²) in [6.45, 7) is 0.448. The van der Waals surface area contributed by atoms with Gasteiger partial charge < -0.3 is 4.74 Å². The lowest BCUT2D eigenvalue weighted by Gasteiger charge is -2.30. The molecule has 1 atom stereocenters. The Labute approximate surface area is 69.1 Å². The Morgan fingerprint density at radius 2 is 2.09 bits per heavy atom. The molecule has 1 N–H and O–H groups in total. The number of hydrogen-bond donors (Lipinski definition) is 1. The molecule has 0 aromatic heterocycles. The standard InChI is InChI=1S/C5H12O4SSi/c6-10(7,8)5(11)3-1-2-4-9-5/h1-4H2,11H3,(H,6,7,8). The van der Waals surface area contributed by atoms with Crippen molar-refractivity contribution in [3.05, 3.63) is 0 Å². The minimum absolute atomic E-state index is 0.329. The molecule has 1 aliphatic heterocycles. The molecule has 1 fully saturated rings. The van der Waals surface area contributed by atoms with Gasteiger partial charge in [0, 0.05) is 6.61 Å². The van der Waals surface area contributed by atoms with Crippen molar-refractivity contribution in [1.29, 1.82) is 0 Å². The second-order valence-corrected chi connectivity index (χ2v) is 7.07. The topological polar surface area (TPSA) is 63.6 Å². The van der Waals surface area contributed by atoms with Crippen LogP contribution in [-0.2, 0) is 14.9 Å². The van der Waals surface area contributed by atoms with Gasteiger partial charge in [0.25, 0.3) is 10.1 Å². The van der Waals surface area contributed by atoms with Gasteiger partial charge in [0.1, 0.15) is 0 Å².